The van der Waals surface area contributed by atoms with Crippen LogP contribution in [-0.4, -0.2) is 41.3 Å². The topological polar surface area (TPSA) is 26.7 Å². The predicted octanol–water partition coefficient (Wildman–Crippen LogP) is 2.81. The maximum Gasteiger partial charge on any atom is 0.0414 e. The summed E-state index contributed by atoms with van der Waals surface area (Å²) in [6, 6.07) is 0. The molecule has 0 radical (unpaired) electrons. The summed E-state index contributed by atoms with van der Waals surface area (Å²) in [6.07, 6.45) is 11.4. The van der Waals surface area contributed by atoms with E-state index in [-0.39, 0.29) is 0 Å². The average molecular weight is 236 g/mol. The fraction of sp³-hybridized carbons (Fsp3) is 0.571. The van der Waals surface area contributed by atoms with Crippen LogP contribution in [0.1, 0.15) is 26.2 Å². The summed E-state index contributed by atoms with van der Waals surface area (Å²) in [7, 11) is 0. The van der Waals surface area contributed by atoms with E-state index in [1.54, 1.807) is 6.08 Å². The minimum absolute atomic E-state index is 0.714. The molecule has 0 spiro atoms. The highest BCUT2D eigenvalue weighted by molar-refractivity contribution is 5.21. The van der Waals surface area contributed by atoms with Gasteiger partial charge in [0.1, 0.15) is 0 Å². The molecule has 1 fully saturated rings. The monoisotopic (exact) mass is 236 g/mol. The minimum atomic E-state index is 0.714. The molecular weight excluding hydrogens is 212 g/mol. The Bertz CT molecular complexity index is 284. The molecule has 0 aromatic heterocycles. The largest absolute Gasteiger partial charge is 0.370 e. The summed E-state index contributed by atoms with van der Waals surface area (Å²) in [5.74, 6) is 0. The third kappa shape index (κ3) is 5.20. The Balaban J connectivity index is 2.67. The second kappa shape index (κ2) is 8.09. The van der Waals surface area contributed by atoms with Gasteiger partial charge in [-0.25, -0.2) is 0 Å². The third-order valence-electron chi connectivity index (χ3n) is 2.88. The van der Waals surface area contributed by atoms with Crippen molar-refractivity contribution < 1.29 is 5.21 Å². The fourth-order valence-electron chi connectivity index (χ4n) is 1.92. The van der Waals surface area contributed by atoms with Crippen LogP contribution in [0.25, 0.3) is 0 Å². The molecule has 0 bridgehead atoms. The maximum atomic E-state index is 9.49. The van der Waals surface area contributed by atoms with Gasteiger partial charge in [-0.1, -0.05) is 38.2 Å². The summed E-state index contributed by atoms with van der Waals surface area (Å²) in [5, 5.41) is 10.9. The van der Waals surface area contributed by atoms with Gasteiger partial charge in [0, 0.05) is 31.9 Å². The minimum Gasteiger partial charge on any atom is -0.370 e. The number of hydroxylamine groups is 2. The van der Waals surface area contributed by atoms with Crippen molar-refractivity contribution in [2.24, 2.45) is 0 Å². The highest BCUT2D eigenvalue weighted by Crippen LogP contribution is 2.12. The van der Waals surface area contributed by atoms with Crippen molar-refractivity contribution in [1.82, 2.24) is 9.96 Å². The molecule has 0 saturated carbocycles. The van der Waals surface area contributed by atoms with Crippen LogP contribution in [0.5, 0.6) is 0 Å². The number of nitrogens with zero attached hydrogens (tertiary/aromatic N) is 2. The fourth-order valence-corrected chi connectivity index (χ4v) is 1.92. The zero-order chi connectivity index (χ0) is 12.5. The number of hydrogen-bond acceptors (Lipinski definition) is 3. The second-order valence-electron chi connectivity index (χ2n) is 4.31. The van der Waals surface area contributed by atoms with Crippen molar-refractivity contribution in [3.05, 3.63) is 36.6 Å². The van der Waals surface area contributed by atoms with Crippen molar-refractivity contribution in [3.8, 4) is 0 Å². The van der Waals surface area contributed by atoms with Crippen LogP contribution in [0.2, 0.25) is 0 Å². The number of hydrogen-bond donors (Lipinski definition) is 1. The Morgan fingerprint density at radius 1 is 1.29 bits per heavy atom. The van der Waals surface area contributed by atoms with Crippen molar-refractivity contribution in [3.63, 3.8) is 0 Å². The molecule has 1 rings (SSSR count). The van der Waals surface area contributed by atoms with E-state index >= 15 is 0 Å². The second-order valence-corrected chi connectivity index (χ2v) is 4.31. The van der Waals surface area contributed by atoms with Crippen LogP contribution in [0, 0.1) is 0 Å². The van der Waals surface area contributed by atoms with E-state index in [1.807, 2.05) is 6.08 Å². The molecule has 1 N–H and O–H groups in total. The molecule has 0 aliphatic carbocycles. The zero-order valence-corrected chi connectivity index (χ0v) is 10.8. The normalized spacial score (nSPS) is 19.6. The molecule has 1 aliphatic rings. The van der Waals surface area contributed by atoms with E-state index in [9.17, 15) is 5.21 Å². The van der Waals surface area contributed by atoms with Crippen molar-refractivity contribution in [2.45, 2.75) is 26.2 Å². The summed E-state index contributed by atoms with van der Waals surface area (Å²) < 4.78 is 0. The Hall–Kier alpha value is -1.06. The molecular formula is C14H24N2O. The number of rotatable bonds is 5. The predicted molar refractivity (Wildman–Crippen MR) is 71.9 cm³/mol. The maximum absolute atomic E-state index is 9.49. The van der Waals surface area contributed by atoms with Crippen LogP contribution in [0.3, 0.4) is 0 Å². The molecule has 0 atom stereocenters. The molecule has 1 aliphatic heterocycles. The molecule has 3 heteroatoms. The lowest BCUT2D eigenvalue weighted by atomic mass is 10.2. The summed E-state index contributed by atoms with van der Waals surface area (Å²) >= 11 is 0. The average Bonchev–Trinajstić information content (AvgIpc) is 2.55. The van der Waals surface area contributed by atoms with Crippen LogP contribution in [0.4, 0.5) is 0 Å². The van der Waals surface area contributed by atoms with Crippen molar-refractivity contribution >= 4 is 0 Å². The number of allylic oxidation sites excluding steroid dienone is 4. The van der Waals surface area contributed by atoms with Crippen LogP contribution in [-0.2, 0) is 0 Å². The molecule has 0 amide bonds. The highest BCUT2D eigenvalue weighted by atomic mass is 16.5. The Labute approximate surface area is 105 Å². The first kappa shape index (κ1) is 14.0. The SMILES string of the molecule is C=C/C=C\C(=C/CCC)N1CCCN(O)CC1. The van der Waals surface area contributed by atoms with Gasteiger partial charge in [0.25, 0.3) is 0 Å². The summed E-state index contributed by atoms with van der Waals surface area (Å²) in [4.78, 5) is 2.34. The quantitative estimate of drug-likeness (QED) is 0.744. The lowest BCUT2D eigenvalue weighted by Gasteiger charge is -2.23. The molecule has 1 heterocycles. The molecule has 0 aromatic rings. The van der Waals surface area contributed by atoms with Gasteiger partial charge in [-0.05, 0) is 18.9 Å². The molecule has 0 unspecified atom stereocenters. The standard InChI is InChI=1S/C14H24N2O/c1-3-5-8-14(9-6-4-2)15-10-7-11-16(17)13-12-15/h3,5,8-9,17H,1,4,6-7,10-13H2,2H3/b8-5-,14-9+. The van der Waals surface area contributed by atoms with Gasteiger partial charge in [-0.2, -0.15) is 5.06 Å². The van der Waals surface area contributed by atoms with Gasteiger partial charge >= 0.3 is 0 Å². The molecule has 1 saturated heterocycles. The van der Waals surface area contributed by atoms with E-state index < -0.39 is 0 Å². The van der Waals surface area contributed by atoms with Crippen LogP contribution < -0.4 is 0 Å². The molecule has 96 valence electrons. The first-order chi connectivity index (χ1) is 8.27. The molecule has 17 heavy (non-hydrogen) atoms. The highest BCUT2D eigenvalue weighted by Gasteiger charge is 2.13. The smallest absolute Gasteiger partial charge is 0.0414 e. The number of unbranched alkanes of at least 4 members (excludes halogenated alkanes) is 1. The molecule has 0 aromatic carbocycles. The van der Waals surface area contributed by atoms with E-state index in [0.29, 0.717) is 6.54 Å². The zero-order valence-electron chi connectivity index (χ0n) is 10.8. The Kier molecular flexibility index (Phi) is 6.67. The van der Waals surface area contributed by atoms with Gasteiger partial charge in [0.15, 0.2) is 0 Å². The van der Waals surface area contributed by atoms with Crippen LogP contribution in [0.15, 0.2) is 36.6 Å². The van der Waals surface area contributed by atoms with Gasteiger partial charge in [-0.3, -0.25) is 0 Å². The lowest BCUT2D eigenvalue weighted by Crippen LogP contribution is -2.28. The summed E-state index contributed by atoms with van der Waals surface area (Å²) in [5.41, 5.74) is 1.25. The van der Waals surface area contributed by atoms with Gasteiger partial charge in [0.05, 0.1) is 0 Å². The lowest BCUT2D eigenvalue weighted by molar-refractivity contribution is -0.0859. The van der Waals surface area contributed by atoms with E-state index in [1.165, 1.54) is 10.8 Å². The van der Waals surface area contributed by atoms with E-state index in [0.717, 1.165) is 38.9 Å². The third-order valence-corrected chi connectivity index (χ3v) is 2.88. The first-order valence-corrected chi connectivity index (χ1v) is 6.46. The summed E-state index contributed by atoms with van der Waals surface area (Å²) in [6.45, 7) is 9.26. The van der Waals surface area contributed by atoms with Crippen LogP contribution >= 0.6 is 0 Å². The van der Waals surface area contributed by atoms with E-state index in [4.69, 9.17) is 0 Å². The van der Waals surface area contributed by atoms with Gasteiger partial charge in [0.2, 0.25) is 0 Å². The van der Waals surface area contributed by atoms with Gasteiger partial charge < -0.3 is 10.1 Å². The van der Waals surface area contributed by atoms with Gasteiger partial charge in [-0.15, -0.1) is 0 Å². The molecule has 3 nitrogen and oxygen atoms in total. The first-order valence-electron chi connectivity index (χ1n) is 6.46. The Morgan fingerprint density at radius 2 is 2.12 bits per heavy atom. The van der Waals surface area contributed by atoms with Crippen molar-refractivity contribution in [1.29, 1.82) is 0 Å². The van der Waals surface area contributed by atoms with E-state index in [2.05, 4.69) is 30.6 Å². The van der Waals surface area contributed by atoms with Crippen molar-refractivity contribution in [2.75, 3.05) is 26.2 Å². The Morgan fingerprint density at radius 3 is 2.82 bits per heavy atom.